The molecule has 0 radical (unpaired) electrons. The van der Waals surface area contributed by atoms with Crippen LogP contribution < -0.4 is 10.6 Å². The van der Waals surface area contributed by atoms with Gasteiger partial charge in [-0.15, -0.1) is 11.3 Å². The molecule has 1 atom stereocenters. The molecule has 0 amide bonds. The number of anilines is 1. The van der Waals surface area contributed by atoms with Crippen molar-refractivity contribution in [1.29, 1.82) is 5.26 Å². The topological polar surface area (TPSA) is 70.1 Å². The lowest BCUT2D eigenvalue weighted by atomic mass is 9.78. The van der Waals surface area contributed by atoms with Gasteiger partial charge in [0.05, 0.1) is 17.6 Å². The molecule has 1 aromatic carbocycles. The number of nitriles is 1. The van der Waals surface area contributed by atoms with Gasteiger partial charge in [-0.25, -0.2) is 0 Å². The number of benzene rings is 1. The first-order valence-corrected chi connectivity index (χ1v) is 11.2. The lowest BCUT2D eigenvalue weighted by molar-refractivity contribution is -0.116. The molecule has 0 saturated carbocycles. The van der Waals surface area contributed by atoms with E-state index in [-0.39, 0.29) is 11.2 Å². The highest BCUT2D eigenvalue weighted by molar-refractivity contribution is 7.12. The van der Waals surface area contributed by atoms with Crippen LogP contribution in [0.3, 0.4) is 0 Å². The maximum atomic E-state index is 13.1. The van der Waals surface area contributed by atoms with Crippen LogP contribution in [0.15, 0.2) is 59.1 Å². The number of nitrogens with two attached hydrogens (primary N) is 1. The van der Waals surface area contributed by atoms with Gasteiger partial charge in [-0.1, -0.05) is 32.4 Å². The van der Waals surface area contributed by atoms with Crippen molar-refractivity contribution in [1.82, 2.24) is 0 Å². The highest BCUT2D eigenvalue weighted by Gasteiger charge is 2.41. The summed E-state index contributed by atoms with van der Waals surface area (Å²) in [5, 5.41) is 10.7. The lowest BCUT2D eigenvalue weighted by Gasteiger charge is -2.39. The average molecular weight is 438 g/mol. The number of carbonyl (C=O) groups is 1. The molecule has 1 aliphatic carbocycles. The monoisotopic (exact) mass is 437 g/mol. The zero-order valence-corrected chi connectivity index (χ0v) is 18.9. The molecular weight excluding hydrogens is 414 g/mol. The molecule has 0 spiro atoms. The van der Waals surface area contributed by atoms with E-state index in [2.05, 4.69) is 32.9 Å². The van der Waals surface area contributed by atoms with Gasteiger partial charge < -0.3 is 5.73 Å². The fraction of sp³-hybridized carbons (Fsp3) is 0.333. The van der Waals surface area contributed by atoms with Gasteiger partial charge in [0.1, 0.15) is 5.82 Å². The molecule has 2 aromatic rings. The summed E-state index contributed by atoms with van der Waals surface area (Å²) in [7, 11) is 0. The third-order valence-corrected chi connectivity index (χ3v) is 7.48. The summed E-state index contributed by atoms with van der Waals surface area (Å²) in [5.41, 5.74) is 9.45. The minimum atomic E-state index is -0.401. The summed E-state index contributed by atoms with van der Waals surface area (Å²) < 4.78 is 0. The zero-order valence-electron chi connectivity index (χ0n) is 17.3. The van der Waals surface area contributed by atoms with Crippen LogP contribution >= 0.6 is 22.9 Å². The summed E-state index contributed by atoms with van der Waals surface area (Å²) in [6.07, 6.45) is 2.03. The normalized spacial score (nSPS) is 19.8. The Morgan fingerprint density at radius 1 is 1.17 bits per heavy atom. The van der Waals surface area contributed by atoms with E-state index in [0.717, 1.165) is 29.1 Å². The van der Waals surface area contributed by atoms with Gasteiger partial charge in [-0.2, -0.15) is 5.26 Å². The van der Waals surface area contributed by atoms with Gasteiger partial charge >= 0.3 is 0 Å². The van der Waals surface area contributed by atoms with E-state index in [0.29, 0.717) is 28.4 Å². The predicted molar refractivity (Wildman–Crippen MR) is 122 cm³/mol. The van der Waals surface area contributed by atoms with E-state index < -0.39 is 5.92 Å². The van der Waals surface area contributed by atoms with Crippen LogP contribution in [0.2, 0.25) is 5.02 Å². The fourth-order valence-corrected chi connectivity index (χ4v) is 5.48. The van der Waals surface area contributed by atoms with Gasteiger partial charge in [-0.05, 0) is 54.7 Å². The SMILES string of the molecule is CC(C)(C)c1ccc(C2C(C#N)=C(N)N(c3ccc(Cl)cc3)C3=C2C(=O)CCC3)s1. The highest BCUT2D eigenvalue weighted by atomic mass is 35.5. The molecule has 1 aliphatic heterocycles. The molecule has 0 fully saturated rings. The van der Waals surface area contributed by atoms with Gasteiger partial charge in [-0.3, -0.25) is 9.69 Å². The Labute approximate surface area is 186 Å². The molecule has 0 saturated heterocycles. The van der Waals surface area contributed by atoms with E-state index >= 15 is 0 Å². The number of halogens is 1. The Hall–Kier alpha value is -2.55. The lowest BCUT2D eigenvalue weighted by Crippen LogP contribution is -2.38. The van der Waals surface area contributed by atoms with Crippen LogP contribution in [-0.2, 0) is 10.2 Å². The van der Waals surface area contributed by atoms with Crippen LogP contribution in [0.5, 0.6) is 0 Å². The number of allylic oxidation sites excluding steroid dienone is 3. The van der Waals surface area contributed by atoms with Crippen molar-refractivity contribution in [2.45, 2.75) is 51.4 Å². The highest BCUT2D eigenvalue weighted by Crippen LogP contribution is 2.48. The molecule has 6 heteroatoms. The number of nitrogens with zero attached hydrogens (tertiary/aromatic N) is 2. The molecular formula is C24H24ClN3OS. The van der Waals surface area contributed by atoms with Crippen LogP contribution in [0, 0.1) is 11.3 Å². The smallest absolute Gasteiger partial charge is 0.161 e. The number of ketones is 1. The van der Waals surface area contributed by atoms with Crippen molar-refractivity contribution < 1.29 is 4.79 Å². The predicted octanol–water partition coefficient (Wildman–Crippen LogP) is 6.00. The molecule has 4 nitrogen and oxygen atoms in total. The van der Waals surface area contributed by atoms with Crippen LogP contribution in [0.1, 0.15) is 55.7 Å². The Morgan fingerprint density at radius 3 is 2.47 bits per heavy atom. The largest absolute Gasteiger partial charge is 0.384 e. The van der Waals surface area contributed by atoms with Crippen molar-refractivity contribution >= 4 is 34.4 Å². The summed E-state index contributed by atoms with van der Waals surface area (Å²) >= 11 is 7.73. The number of Topliss-reactive ketones (excluding diaryl/α,β-unsaturated/α-hetero) is 1. The molecule has 2 aliphatic rings. The number of carbonyl (C=O) groups excluding carboxylic acids is 1. The summed E-state index contributed by atoms with van der Waals surface area (Å²) in [6, 6.07) is 13.8. The van der Waals surface area contributed by atoms with Crippen LogP contribution in [0.25, 0.3) is 0 Å². The van der Waals surface area contributed by atoms with Crippen molar-refractivity contribution in [3.05, 3.63) is 73.8 Å². The number of hydrogen-bond acceptors (Lipinski definition) is 5. The Balaban J connectivity index is 1.92. The first-order valence-electron chi connectivity index (χ1n) is 10.0. The second-order valence-electron chi connectivity index (χ2n) is 8.74. The van der Waals surface area contributed by atoms with E-state index in [4.69, 9.17) is 17.3 Å². The second kappa shape index (κ2) is 7.61. The van der Waals surface area contributed by atoms with Gasteiger partial charge in [0.2, 0.25) is 0 Å². The van der Waals surface area contributed by atoms with Gasteiger partial charge in [0.25, 0.3) is 0 Å². The molecule has 2 N–H and O–H groups in total. The molecule has 1 aromatic heterocycles. The Morgan fingerprint density at radius 2 is 1.87 bits per heavy atom. The van der Waals surface area contributed by atoms with Crippen molar-refractivity contribution in [3.8, 4) is 6.07 Å². The van der Waals surface area contributed by atoms with Crippen molar-refractivity contribution in [2.24, 2.45) is 5.73 Å². The Bertz CT molecular complexity index is 1110. The third kappa shape index (κ3) is 3.45. The zero-order chi connectivity index (χ0) is 21.6. The van der Waals surface area contributed by atoms with Crippen molar-refractivity contribution in [3.63, 3.8) is 0 Å². The fourth-order valence-electron chi connectivity index (χ4n) is 4.17. The van der Waals surface area contributed by atoms with E-state index in [9.17, 15) is 10.1 Å². The summed E-state index contributed by atoms with van der Waals surface area (Å²) in [6.45, 7) is 6.49. The molecule has 2 heterocycles. The first-order chi connectivity index (χ1) is 14.2. The third-order valence-electron chi connectivity index (χ3n) is 5.65. The summed E-state index contributed by atoms with van der Waals surface area (Å²) in [5.74, 6) is 0.0950. The quantitative estimate of drug-likeness (QED) is 0.625. The van der Waals surface area contributed by atoms with Gasteiger partial charge in [0, 0.05) is 38.2 Å². The van der Waals surface area contributed by atoms with E-state index in [1.54, 1.807) is 23.5 Å². The van der Waals surface area contributed by atoms with Crippen LogP contribution in [0.4, 0.5) is 5.69 Å². The standard InChI is InChI=1S/C24H24ClN3OS/c1-24(2,3)20-12-11-19(30-20)21-16(13-26)23(27)28(15-9-7-14(25)8-10-15)17-5-4-6-18(29)22(17)21/h7-12,21H,4-6,27H2,1-3H3. The molecule has 0 bridgehead atoms. The van der Waals surface area contributed by atoms with E-state index in [1.807, 2.05) is 23.1 Å². The second-order valence-corrected chi connectivity index (χ2v) is 10.3. The number of hydrogen-bond donors (Lipinski definition) is 1. The van der Waals surface area contributed by atoms with E-state index in [1.165, 1.54) is 4.88 Å². The molecule has 30 heavy (non-hydrogen) atoms. The summed E-state index contributed by atoms with van der Waals surface area (Å²) in [4.78, 5) is 17.2. The minimum Gasteiger partial charge on any atom is -0.384 e. The molecule has 4 rings (SSSR count). The average Bonchev–Trinajstić information content (AvgIpc) is 3.19. The molecule has 1 unspecified atom stereocenters. The maximum Gasteiger partial charge on any atom is 0.161 e. The van der Waals surface area contributed by atoms with Crippen molar-refractivity contribution in [2.75, 3.05) is 4.90 Å². The Kier molecular flexibility index (Phi) is 5.25. The maximum absolute atomic E-state index is 13.1. The number of rotatable bonds is 2. The minimum absolute atomic E-state index is 0.00275. The van der Waals surface area contributed by atoms with Crippen LogP contribution in [-0.4, -0.2) is 5.78 Å². The molecule has 154 valence electrons. The van der Waals surface area contributed by atoms with Gasteiger partial charge in [0.15, 0.2) is 5.78 Å². The number of thiophene rings is 1. The first kappa shape index (κ1) is 20.7.